The van der Waals surface area contributed by atoms with Crippen LogP contribution in [0.3, 0.4) is 0 Å². The van der Waals surface area contributed by atoms with E-state index in [2.05, 4.69) is 32.2 Å². The van der Waals surface area contributed by atoms with E-state index < -0.39 is 21.3 Å². The number of hydrogen-bond donors (Lipinski definition) is 4. The molecular formula is C24H25N7O4S. The molecule has 1 saturated heterocycles. The number of sulfone groups is 1. The highest BCUT2D eigenvalue weighted by molar-refractivity contribution is 7.90. The second kappa shape index (κ2) is 9.71. The first-order valence-corrected chi connectivity index (χ1v) is 12.9. The molecule has 0 spiro atoms. The summed E-state index contributed by atoms with van der Waals surface area (Å²) in [6, 6.07) is 15.2. The molecule has 0 bridgehead atoms. The smallest absolute Gasteiger partial charge is 0.322 e. The average Bonchev–Trinajstić information content (AvgIpc) is 3.26. The molecule has 186 valence electrons. The van der Waals surface area contributed by atoms with Crippen LogP contribution in [0, 0.1) is 18.3 Å². The maximum atomic E-state index is 13.1. The predicted octanol–water partition coefficient (Wildman–Crippen LogP) is 2.80. The van der Waals surface area contributed by atoms with Crippen molar-refractivity contribution in [2.75, 3.05) is 30.0 Å². The van der Waals surface area contributed by atoms with Crippen molar-refractivity contribution in [3.8, 4) is 6.07 Å². The molecule has 3 amide bonds. The number of carbonyl (C=O) groups excluding carboxylic acids is 2. The van der Waals surface area contributed by atoms with Gasteiger partial charge in [0, 0.05) is 30.7 Å². The highest BCUT2D eigenvalue weighted by Crippen LogP contribution is 2.27. The van der Waals surface area contributed by atoms with Crippen molar-refractivity contribution in [2.45, 2.75) is 23.8 Å². The number of urea groups is 1. The van der Waals surface area contributed by atoms with Crippen LogP contribution in [0.4, 0.5) is 22.0 Å². The summed E-state index contributed by atoms with van der Waals surface area (Å²) in [6.45, 7) is 2.31. The van der Waals surface area contributed by atoms with Gasteiger partial charge in [0.15, 0.2) is 9.84 Å². The lowest BCUT2D eigenvalue weighted by Crippen LogP contribution is -2.71. The Kier molecular flexibility index (Phi) is 6.67. The van der Waals surface area contributed by atoms with E-state index in [1.807, 2.05) is 19.1 Å². The molecule has 12 heteroatoms. The molecule has 0 unspecified atom stereocenters. The molecule has 11 nitrogen and oxygen atoms in total. The summed E-state index contributed by atoms with van der Waals surface area (Å²) in [5.74, 6) is -0.159. The van der Waals surface area contributed by atoms with Gasteiger partial charge in [0.1, 0.15) is 11.4 Å². The molecule has 4 N–H and O–H groups in total. The zero-order valence-electron chi connectivity index (χ0n) is 19.7. The van der Waals surface area contributed by atoms with Gasteiger partial charge in [-0.1, -0.05) is 17.7 Å². The fourth-order valence-corrected chi connectivity index (χ4v) is 4.48. The standard InChI is InChI=1S/C24H25N7O4S/c1-16-3-5-18(6-4-16)28-23(33)31-14-24(15-31,11-12-25)29-22(32)20-13-26-30-21(20)27-17-7-9-19(10-8-17)36(2,34)35/h3-10,13H,11,14-15H2,1-2H3,(H,28,33)(H,29,32)(H2,26,27,30). The lowest BCUT2D eigenvalue weighted by atomic mass is 9.86. The molecule has 0 radical (unpaired) electrons. The van der Waals surface area contributed by atoms with E-state index in [1.54, 1.807) is 24.3 Å². The Hall–Kier alpha value is -4.37. The minimum absolute atomic E-state index is 0.0284. The second-order valence-corrected chi connectivity index (χ2v) is 10.8. The van der Waals surface area contributed by atoms with Gasteiger partial charge in [-0.05, 0) is 43.3 Å². The van der Waals surface area contributed by atoms with Gasteiger partial charge in [-0.25, -0.2) is 13.2 Å². The molecule has 0 aliphatic carbocycles. The first-order chi connectivity index (χ1) is 17.1. The van der Waals surface area contributed by atoms with Crippen LogP contribution in [0.15, 0.2) is 59.6 Å². The fourth-order valence-electron chi connectivity index (χ4n) is 3.85. The fraction of sp³-hybridized carbons (Fsp3) is 0.250. The van der Waals surface area contributed by atoms with E-state index in [-0.39, 0.29) is 36.0 Å². The molecule has 4 rings (SSSR count). The van der Waals surface area contributed by atoms with Gasteiger partial charge in [-0.2, -0.15) is 10.4 Å². The number of likely N-dealkylation sites (tertiary alicyclic amines) is 1. The van der Waals surface area contributed by atoms with Crippen LogP contribution in [0.5, 0.6) is 0 Å². The minimum Gasteiger partial charge on any atom is -0.342 e. The number of benzene rings is 2. The van der Waals surface area contributed by atoms with Crippen LogP contribution in [-0.4, -0.2) is 60.3 Å². The SMILES string of the molecule is Cc1ccc(NC(=O)N2CC(CC#N)(NC(=O)c3cn[nH]c3Nc3ccc(S(C)(=O)=O)cc3)C2)cc1. The summed E-state index contributed by atoms with van der Waals surface area (Å²) < 4.78 is 23.3. The third-order valence-electron chi connectivity index (χ3n) is 5.81. The number of H-pyrrole nitrogens is 1. The van der Waals surface area contributed by atoms with Gasteiger partial charge < -0.3 is 20.9 Å². The van der Waals surface area contributed by atoms with Crippen molar-refractivity contribution in [1.29, 1.82) is 5.26 Å². The van der Waals surface area contributed by atoms with Crippen LogP contribution < -0.4 is 16.0 Å². The lowest BCUT2D eigenvalue weighted by Gasteiger charge is -2.49. The number of nitrogens with zero attached hydrogens (tertiary/aromatic N) is 3. The molecule has 0 atom stereocenters. The van der Waals surface area contributed by atoms with Crippen LogP contribution in [0.2, 0.25) is 0 Å². The van der Waals surface area contributed by atoms with Gasteiger partial charge in [-0.3, -0.25) is 9.89 Å². The van der Waals surface area contributed by atoms with Crippen molar-refractivity contribution in [2.24, 2.45) is 0 Å². The summed E-state index contributed by atoms with van der Waals surface area (Å²) in [5, 5.41) is 24.7. The van der Waals surface area contributed by atoms with Gasteiger partial charge >= 0.3 is 6.03 Å². The van der Waals surface area contributed by atoms with Crippen LogP contribution in [0.25, 0.3) is 0 Å². The van der Waals surface area contributed by atoms with Crippen molar-refractivity contribution >= 4 is 39.0 Å². The average molecular weight is 508 g/mol. The maximum Gasteiger partial charge on any atom is 0.322 e. The Bertz CT molecular complexity index is 1420. The second-order valence-electron chi connectivity index (χ2n) is 8.80. The molecule has 36 heavy (non-hydrogen) atoms. The van der Waals surface area contributed by atoms with Crippen molar-refractivity contribution in [3.63, 3.8) is 0 Å². The molecule has 0 saturated carbocycles. The Morgan fingerprint density at radius 3 is 2.36 bits per heavy atom. The van der Waals surface area contributed by atoms with Crippen molar-refractivity contribution < 1.29 is 18.0 Å². The van der Waals surface area contributed by atoms with Crippen molar-refractivity contribution in [1.82, 2.24) is 20.4 Å². The monoisotopic (exact) mass is 507 g/mol. The number of amides is 3. The van der Waals surface area contributed by atoms with E-state index in [0.717, 1.165) is 11.8 Å². The zero-order valence-corrected chi connectivity index (χ0v) is 20.5. The minimum atomic E-state index is -3.33. The quantitative estimate of drug-likeness (QED) is 0.382. The third kappa shape index (κ3) is 5.47. The summed E-state index contributed by atoms with van der Waals surface area (Å²) in [6.07, 6.45) is 2.50. The van der Waals surface area contributed by atoms with Crippen molar-refractivity contribution in [3.05, 3.63) is 65.9 Å². The maximum absolute atomic E-state index is 13.1. The Balaban J connectivity index is 1.40. The zero-order chi connectivity index (χ0) is 25.9. The van der Waals surface area contributed by atoms with Gasteiger partial charge in [-0.15, -0.1) is 0 Å². The number of nitrogens with one attached hydrogen (secondary N) is 4. The first kappa shape index (κ1) is 24.7. The Labute approximate surface area is 208 Å². The number of hydrogen-bond acceptors (Lipinski definition) is 7. The summed E-state index contributed by atoms with van der Waals surface area (Å²) >= 11 is 0. The normalized spacial score (nSPS) is 14.3. The predicted molar refractivity (Wildman–Crippen MR) is 134 cm³/mol. The molecule has 2 heterocycles. The van der Waals surface area contributed by atoms with Gasteiger partial charge in [0.2, 0.25) is 0 Å². The van der Waals surface area contributed by atoms with Crippen LogP contribution in [0.1, 0.15) is 22.3 Å². The molecule has 1 fully saturated rings. The molecule has 2 aromatic carbocycles. The van der Waals surface area contributed by atoms with E-state index >= 15 is 0 Å². The van der Waals surface area contributed by atoms with Gasteiger partial charge in [0.25, 0.3) is 5.91 Å². The topological polar surface area (TPSA) is 160 Å². The Morgan fingerprint density at radius 1 is 1.11 bits per heavy atom. The third-order valence-corrected chi connectivity index (χ3v) is 6.94. The van der Waals surface area contributed by atoms with Crippen LogP contribution >= 0.6 is 0 Å². The summed E-state index contributed by atoms with van der Waals surface area (Å²) in [4.78, 5) is 27.4. The summed E-state index contributed by atoms with van der Waals surface area (Å²) in [7, 11) is -3.33. The Morgan fingerprint density at radius 2 is 1.75 bits per heavy atom. The summed E-state index contributed by atoms with van der Waals surface area (Å²) in [5.41, 5.74) is 1.61. The van der Waals surface area contributed by atoms with Gasteiger partial charge in [0.05, 0.1) is 29.1 Å². The highest BCUT2D eigenvalue weighted by Gasteiger charge is 2.46. The van der Waals surface area contributed by atoms with E-state index in [1.165, 1.54) is 23.2 Å². The van der Waals surface area contributed by atoms with Crippen LogP contribution in [-0.2, 0) is 9.84 Å². The molecule has 3 aromatic rings. The van der Waals surface area contributed by atoms with E-state index in [4.69, 9.17) is 0 Å². The number of aromatic nitrogens is 2. The first-order valence-electron chi connectivity index (χ1n) is 11.0. The number of rotatable bonds is 7. The number of aromatic amines is 1. The molecule has 1 aromatic heterocycles. The molecule has 1 aliphatic heterocycles. The molecule has 1 aliphatic rings. The lowest BCUT2D eigenvalue weighted by molar-refractivity contribution is 0.0609. The largest absolute Gasteiger partial charge is 0.342 e. The number of carbonyl (C=O) groups is 2. The number of anilines is 3. The molecular weight excluding hydrogens is 482 g/mol. The number of aryl methyl sites for hydroxylation is 1. The highest BCUT2D eigenvalue weighted by atomic mass is 32.2. The van der Waals surface area contributed by atoms with E-state index in [0.29, 0.717) is 17.2 Å². The van der Waals surface area contributed by atoms with E-state index in [9.17, 15) is 23.3 Å². The number of nitriles is 1.